The number of hydrogen-bond donors (Lipinski definition) is 1. The molecule has 0 aliphatic rings. The topological polar surface area (TPSA) is 65.4 Å². The molecule has 1 atom stereocenters. The molecular weight excluding hydrogens is 306 g/mol. The summed E-state index contributed by atoms with van der Waals surface area (Å²) in [6.07, 6.45) is 0. The summed E-state index contributed by atoms with van der Waals surface area (Å²) in [6, 6.07) is 7.18. The molecule has 0 bridgehead atoms. The van der Waals surface area contributed by atoms with E-state index in [1.807, 2.05) is 18.5 Å². The van der Waals surface area contributed by atoms with Crippen molar-refractivity contribution in [3.63, 3.8) is 0 Å². The van der Waals surface area contributed by atoms with Gasteiger partial charge in [0.15, 0.2) is 11.5 Å². The van der Waals surface area contributed by atoms with Gasteiger partial charge in [-0.1, -0.05) is 6.92 Å². The average Bonchev–Trinajstić information content (AvgIpc) is 2.89. The van der Waals surface area contributed by atoms with Gasteiger partial charge in [-0.05, 0) is 44.0 Å². The van der Waals surface area contributed by atoms with E-state index in [0.717, 1.165) is 17.9 Å². The minimum atomic E-state index is -0.129. The summed E-state index contributed by atoms with van der Waals surface area (Å²) in [6.45, 7) is 7.45. The molecule has 24 heavy (non-hydrogen) atoms. The molecule has 6 nitrogen and oxygen atoms in total. The summed E-state index contributed by atoms with van der Waals surface area (Å²) >= 11 is 0. The van der Waals surface area contributed by atoms with Crippen LogP contribution in [0.4, 0.5) is 0 Å². The maximum absolute atomic E-state index is 12.3. The van der Waals surface area contributed by atoms with Gasteiger partial charge in [-0.3, -0.25) is 9.48 Å². The minimum Gasteiger partial charge on any atom is -0.493 e. The van der Waals surface area contributed by atoms with Crippen molar-refractivity contribution in [3.8, 4) is 11.5 Å². The van der Waals surface area contributed by atoms with Gasteiger partial charge >= 0.3 is 0 Å². The second-order valence-electron chi connectivity index (χ2n) is 5.99. The number of rotatable bonds is 7. The molecular formula is C18H25N3O3. The van der Waals surface area contributed by atoms with Gasteiger partial charge in [-0.25, -0.2) is 0 Å². The van der Waals surface area contributed by atoms with Crippen molar-refractivity contribution in [2.75, 3.05) is 20.8 Å². The molecule has 0 saturated heterocycles. The highest BCUT2D eigenvalue weighted by atomic mass is 16.5. The number of aromatic nitrogens is 2. The van der Waals surface area contributed by atoms with Crippen LogP contribution in [0.1, 0.15) is 28.7 Å². The van der Waals surface area contributed by atoms with Crippen LogP contribution in [0, 0.1) is 19.8 Å². The fourth-order valence-electron chi connectivity index (χ4n) is 2.57. The van der Waals surface area contributed by atoms with E-state index < -0.39 is 0 Å². The van der Waals surface area contributed by atoms with Crippen molar-refractivity contribution < 1.29 is 14.3 Å². The monoisotopic (exact) mass is 331 g/mol. The number of ether oxygens (including phenoxy) is 2. The van der Waals surface area contributed by atoms with Crippen LogP contribution in [0.3, 0.4) is 0 Å². The summed E-state index contributed by atoms with van der Waals surface area (Å²) in [7, 11) is 3.12. The number of hydrogen-bond acceptors (Lipinski definition) is 4. The third-order valence-electron chi connectivity index (χ3n) is 3.84. The molecule has 0 aliphatic carbocycles. The highest BCUT2D eigenvalue weighted by Crippen LogP contribution is 2.27. The Labute approximate surface area is 142 Å². The number of carbonyl (C=O) groups is 1. The molecule has 130 valence electrons. The highest BCUT2D eigenvalue weighted by Gasteiger charge is 2.13. The second kappa shape index (κ2) is 7.86. The van der Waals surface area contributed by atoms with Crippen LogP contribution in [-0.4, -0.2) is 36.5 Å². The van der Waals surface area contributed by atoms with E-state index in [1.54, 1.807) is 32.4 Å². The van der Waals surface area contributed by atoms with E-state index in [0.29, 0.717) is 23.6 Å². The average molecular weight is 331 g/mol. The normalized spacial score (nSPS) is 11.9. The molecule has 2 rings (SSSR count). The first kappa shape index (κ1) is 17.8. The lowest BCUT2D eigenvalue weighted by atomic mass is 10.1. The first-order valence-electron chi connectivity index (χ1n) is 7.96. The van der Waals surface area contributed by atoms with E-state index in [-0.39, 0.29) is 11.8 Å². The van der Waals surface area contributed by atoms with Crippen LogP contribution in [0.25, 0.3) is 0 Å². The summed E-state index contributed by atoms with van der Waals surface area (Å²) in [5.41, 5.74) is 2.69. The Morgan fingerprint density at radius 2 is 1.92 bits per heavy atom. The number of benzene rings is 1. The predicted octanol–water partition coefficient (Wildman–Crippen LogP) is 2.58. The smallest absolute Gasteiger partial charge is 0.251 e. The molecule has 6 heteroatoms. The molecule has 0 aliphatic heterocycles. The maximum Gasteiger partial charge on any atom is 0.251 e. The Hall–Kier alpha value is -2.50. The van der Waals surface area contributed by atoms with Crippen LogP contribution < -0.4 is 14.8 Å². The molecule has 1 heterocycles. The van der Waals surface area contributed by atoms with Crippen molar-refractivity contribution in [2.45, 2.75) is 27.3 Å². The number of methoxy groups -OCH3 is 2. The van der Waals surface area contributed by atoms with Gasteiger partial charge in [0.1, 0.15) is 0 Å². The quantitative estimate of drug-likeness (QED) is 0.847. The van der Waals surface area contributed by atoms with E-state index in [4.69, 9.17) is 9.47 Å². The van der Waals surface area contributed by atoms with Crippen LogP contribution in [0.5, 0.6) is 11.5 Å². The molecule has 0 unspecified atom stereocenters. The number of nitrogens with zero attached hydrogens (tertiary/aromatic N) is 2. The Balaban J connectivity index is 1.94. The van der Waals surface area contributed by atoms with E-state index in [1.165, 1.54) is 0 Å². The number of carbonyl (C=O) groups excluding carboxylic acids is 1. The Morgan fingerprint density at radius 1 is 1.21 bits per heavy atom. The predicted molar refractivity (Wildman–Crippen MR) is 92.7 cm³/mol. The molecule has 0 fully saturated rings. The largest absolute Gasteiger partial charge is 0.493 e. The fraction of sp³-hybridized carbons (Fsp3) is 0.444. The fourth-order valence-corrected chi connectivity index (χ4v) is 2.57. The number of nitrogens with one attached hydrogen (secondary N) is 1. The van der Waals surface area contributed by atoms with Crippen molar-refractivity contribution in [1.82, 2.24) is 15.1 Å². The number of aryl methyl sites for hydroxylation is 2. The van der Waals surface area contributed by atoms with Gasteiger partial charge in [0, 0.05) is 24.3 Å². The molecule has 1 aromatic heterocycles. The van der Waals surface area contributed by atoms with Crippen LogP contribution in [0.15, 0.2) is 24.3 Å². The van der Waals surface area contributed by atoms with Crippen LogP contribution in [-0.2, 0) is 6.54 Å². The van der Waals surface area contributed by atoms with Gasteiger partial charge in [-0.15, -0.1) is 0 Å². The third-order valence-corrected chi connectivity index (χ3v) is 3.84. The van der Waals surface area contributed by atoms with Gasteiger partial charge in [0.25, 0.3) is 5.91 Å². The molecule has 2 aromatic rings. The van der Waals surface area contributed by atoms with Gasteiger partial charge < -0.3 is 14.8 Å². The van der Waals surface area contributed by atoms with Crippen molar-refractivity contribution in [3.05, 3.63) is 41.2 Å². The third kappa shape index (κ3) is 4.28. The van der Waals surface area contributed by atoms with E-state index in [2.05, 4.69) is 23.4 Å². The summed E-state index contributed by atoms with van der Waals surface area (Å²) < 4.78 is 12.4. The van der Waals surface area contributed by atoms with Crippen molar-refractivity contribution in [1.29, 1.82) is 0 Å². The molecule has 0 saturated carbocycles. The zero-order valence-electron chi connectivity index (χ0n) is 14.9. The highest BCUT2D eigenvalue weighted by molar-refractivity contribution is 5.94. The Bertz CT molecular complexity index is 710. The Morgan fingerprint density at radius 3 is 2.50 bits per heavy atom. The van der Waals surface area contributed by atoms with Crippen LogP contribution in [0.2, 0.25) is 0 Å². The zero-order valence-corrected chi connectivity index (χ0v) is 14.9. The second-order valence-corrected chi connectivity index (χ2v) is 5.99. The summed E-state index contributed by atoms with van der Waals surface area (Å²) in [4.78, 5) is 12.3. The minimum absolute atomic E-state index is 0.129. The molecule has 1 amide bonds. The van der Waals surface area contributed by atoms with Crippen molar-refractivity contribution in [2.24, 2.45) is 5.92 Å². The Kier molecular flexibility index (Phi) is 5.84. The lowest BCUT2D eigenvalue weighted by Crippen LogP contribution is -2.30. The summed E-state index contributed by atoms with van der Waals surface area (Å²) in [5, 5.41) is 7.41. The van der Waals surface area contributed by atoms with E-state index >= 15 is 0 Å². The van der Waals surface area contributed by atoms with Gasteiger partial charge in [0.2, 0.25) is 0 Å². The van der Waals surface area contributed by atoms with Gasteiger partial charge in [-0.2, -0.15) is 5.10 Å². The number of amides is 1. The molecule has 0 spiro atoms. The standard InChI is InChI=1S/C18H25N3O3/c1-12(11-21-14(3)8-13(2)20-21)10-19-18(22)15-6-7-16(23-4)17(9-15)24-5/h6-9,12H,10-11H2,1-5H3,(H,19,22)/t12-/m1/s1. The maximum atomic E-state index is 12.3. The summed E-state index contributed by atoms with van der Waals surface area (Å²) in [5.74, 6) is 1.29. The molecule has 1 N–H and O–H groups in total. The molecule has 0 radical (unpaired) electrons. The van der Waals surface area contributed by atoms with Gasteiger partial charge in [0.05, 0.1) is 19.9 Å². The lowest BCUT2D eigenvalue weighted by Gasteiger charge is -2.14. The lowest BCUT2D eigenvalue weighted by molar-refractivity contribution is 0.0946. The first-order chi connectivity index (χ1) is 11.4. The van der Waals surface area contributed by atoms with Crippen LogP contribution >= 0.6 is 0 Å². The van der Waals surface area contributed by atoms with E-state index in [9.17, 15) is 4.79 Å². The molecule has 1 aromatic carbocycles. The van der Waals surface area contributed by atoms with Crippen molar-refractivity contribution >= 4 is 5.91 Å². The SMILES string of the molecule is COc1ccc(C(=O)NC[C@@H](C)Cn2nc(C)cc2C)cc1OC. The zero-order chi connectivity index (χ0) is 17.7. The first-order valence-corrected chi connectivity index (χ1v) is 7.96.